The number of anilines is 1. The van der Waals surface area contributed by atoms with Crippen molar-refractivity contribution in [1.82, 2.24) is 5.32 Å². The maximum Gasteiger partial charge on any atom is 0.257 e. The highest BCUT2D eigenvalue weighted by Gasteiger charge is 2.09. The van der Waals surface area contributed by atoms with Crippen LogP contribution in [0.3, 0.4) is 0 Å². The highest BCUT2D eigenvalue weighted by atomic mass is 79.9. The Hall–Kier alpha value is -1.92. The van der Waals surface area contributed by atoms with Crippen molar-refractivity contribution in [3.63, 3.8) is 0 Å². The zero-order chi connectivity index (χ0) is 15.2. The van der Waals surface area contributed by atoms with E-state index in [-0.39, 0.29) is 11.0 Å². The van der Waals surface area contributed by atoms with Crippen molar-refractivity contribution in [2.45, 2.75) is 0 Å². The van der Waals surface area contributed by atoms with Gasteiger partial charge in [-0.05, 0) is 42.5 Å². The van der Waals surface area contributed by atoms with Gasteiger partial charge in [0.2, 0.25) is 0 Å². The lowest BCUT2D eigenvalue weighted by atomic mass is 10.2. The Morgan fingerprint density at radius 1 is 1.19 bits per heavy atom. The molecule has 0 aliphatic heterocycles. The van der Waals surface area contributed by atoms with E-state index in [1.165, 1.54) is 0 Å². The number of ether oxygens (including phenoxy) is 1. The van der Waals surface area contributed by atoms with Crippen LogP contribution in [0.25, 0.3) is 0 Å². The Bertz CT molecular complexity index is 676. The SMILES string of the molecule is COc1ccccc1NC(=S)NC(=O)c1cccc(Br)c1. The number of carbonyl (C=O) groups excluding carboxylic acids is 1. The third-order valence-corrected chi connectivity index (χ3v) is 3.37. The summed E-state index contributed by atoms with van der Waals surface area (Å²) in [5, 5.41) is 5.78. The second-order valence-corrected chi connectivity index (χ2v) is 5.44. The molecule has 1 amide bonds. The molecule has 2 N–H and O–H groups in total. The molecule has 2 aromatic carbocycles. The number of hydrogen-bond acceptors (Lipinski definition) is 3. The Morgan fingerprint density at radius 2 is 1.95 bits per heavy atom. The van der Waals surface area contributed by atoms with Crippen molar-refractivity contribution in [3.05, 3.63) is 58.6 Å². The second-order valence-electron chi connectivity index (χ2n) is 4.12. The van der Waals surface area contributed by atoms with E-state index in [4.69, 9.17) is 17.0 Å². The van der Waals surface area contributed by atoms with Crippen LogP contribution in [0.2, 0.25) is 0 Å². The van der Waals surface area contributed by atoms with Gasteiger partial charge in [-0.15, -0.1) is 0 Å². The van der Waals surface area contributed by atoms with Gasteiger partial charge in [-0.1, -0.05) is 34.1 Å². The number of methoxy groups -OCH3 is 1. The average Bonchev–Trinajstić information content (AvgIpc) is 2.47. The zero-order valence-electron chi connectivity index (χ0n) is 11.2. The lowest BCUT2D eigenvalue weighted by Crippen LogP contribution is -2.34. The summed E-state index contributed by atoms with van der Waals surface area (Å²) in [5.74, 6) is 0.375. The predicted molar refractivity (Wildman–Crippen MR) is 90.8 cm³/mol. The number of para-hydroxylation sites is 2. The first-order valence-electron chi connectivity index (χ1n) is 6.11. The number of benzene rings is 2. The Labute approximate surface area is 136 Å². The van der Waals surface area contributed by atoms with E-state index >= 15 is 0 Å². The topological polar surface area (TPSA) is 50.4 Å². The molecule has 0 saturated heterocycles. The van der Waals surface area contributed by atoms with Crippen LogP contribution in [0.1, 0.15) is 10.4 Å². The van der Waals surface area contributed by atoms with Gasteiger partial charge >= 0.3 is 0 Å². The van der Waals surface area contributed by atoms with Gasteiger partial charge in [0, 0.05) is 10.0 Å². The summed E-state index contributed by atoms with van der Waals surface area (Å²) in [5.41, 5.74) is 1.22. The van der Waals surface area contributed by atoms with E-state index in [1.54, 1.807) is 31.4 Å². The quantitative estimate of drug-likeness (QED) is 0.817. The Morgan fingerprint density at radius 3 is 2.67 bits per heavy atom. The summed E-state index contributed by atoms with van der Waals surface area (Å²) < 4.78 is 6.04. The fourth-order valence-corrected chi connectivity index (χ4v) is 2.31. The van der Waals surface area contributed by atoms with Gasteiger partial charge in [0.25, 0.3) is 5.91 Å². The summed E-state index contributed by atoms with van der Waals surface area (Å²) >= 11 is 8.47. The fraction of sp³-hybridized carbons (Fsp3) is 0.0667. The first-order valence-corrected chi connectivity index (χ1v) is 7.31. The molecular formula is C15H13BrN2O2S. The van der Waals surface area contributed by atoms with Gasteiger partial charge in [-0.25, -0.2) is 0 Å². The smallest absolute Gasteiger partial charge is 0.257 e. The van der Waals surface area contributed by atoms with Crippen molar-refractivity contribution >= 4 is 44.9 Å². The molecule has 0 heterocycles. The third-order valence-electron chi connectivity index (χ3n) is 2.67. The number of halogens is 1. The summed E-state index contributed by atoms with van der Waals surface area (Å²) in [6.07, 6.45) is 0. The molecule has 0 atom stereocenters. The molecule has 0 bridgehead atoms. The molecule has 4 nitrogen and oxygen atoms in total. The minimum absolute atomic E-state index is 0.212. The van der Waals surface area contributed by atoms with Gasteiger partial charge in [-0.3, -0.25) is 10.1 Å². The molecule has 0 aliphatic rings. The van der Waals surface area contributed by atoms with Crippen molar-refractivity contribution in [2.75, 3.05) is 12.4 Å². The van der Waals surface area contributed by atoms with E-state index in [1.807, 2.05) is 24.3 Å². The second kappa shape index (κ2) is 7.19. The molecule has 0 fully saturated rings. The largest absolute Gasteiger partial charge is 0.495 e. The number of amides is 1. The van der Waals surface area contributed by atoms with Crippen molar-refractivity contribution in [2.24, 2.45) is 0 Å². The maximum atomic E-state index is 12.1. The van der Waals surface area contributed by atoms with Crippen LogP contribution >= 0.6 is 28.1 Å². The van der Waals surface area contributed by atoms with Crippen LogP contribution in [0.4, 0.5) is 5.69 Å². The number of carbonyl (C=O) groups is 1. The fourth-order valence-electron chi connectivity index (χ4n) is 1.71. The summed E-state index contributed by atoms with van der Waals surface area (Å²) in [7, 11) is 1.57. The normalized spacial score (nSPS) is 9.81. The highest BCUT2D eigenvalue weighted by Crippen LogP contribution is 2.22. The van der Waals surface area contributed by atoms with Gasteiger partial charge < -0.3 is 10.1 Å². The van der Waals surface area contributed by atoms with Crippen molar-refractivity contribution in [3.8, 4) is 5.75 Å². The Balaban J connectivity index is 2.03. The lowest BCUT2D eigenvalue weighted by molar-refractivity contribution is 0.0977. The summed E-state index contributed by atoms with van der Waals surface area (Å²) in [6.45, 7) is 0. The molecule has 0 saturated carbocycles. The number of nitrogens with one attached hydrogen (secondary N) is 2. The van der Waals surface area contributed by atoms with E-state index in [2.05, 4.69) is 26.6 Å². The molecule has 2 aromatic rings. The molecular weight excluding hydrogens is 352 g/mol. The average molecular weight is 365 g/mol. The standard InChI is InChI=1S/C15H13BrN2O2S/c1-20-13-8-3-2-7-12(13)17-15(21)18-14(19)10-5-4-6-11(16)9-10/h2-9H,1H3,(H2,17,18,19,21). The molecule has 0 aliphatic carbocycles. The zero-order valence-corrected chi connectivity index (χ0v) is 13.6. The lowest BCUT2D eigenvalue weighted by Gasteiger charge is -2.12. The van der Waals surface area contributed by atoms with Gasteiger partial charge in [0.05, 0.1) is 12.8 Å². The van der Waals surface area contributed by atoms with E-state index in [0.717, 1.165) is 4.47 Å². The number of thiocarbonyl (C=S) groups is 1. The molecule has 6 heteroatoms. The van der Waals surface area contributed by atoms with Gasteiger partial charge in [0.1, 0.15) is 5.75 Å². The molecule has 0 spiro atoms. The molecule has 108 valence electrons. The maximum absolute atomic E-state index is 12.1. The summed E-state index contributed by atoms with van der Waals surface area (Å²) in [6, 6.07) is 14.4. The van der Waals surface area contributed by atoms with Crippen molar-refractivity contribution in [1.29, 1.82) is 0 Å². The van der Waals surface area contributed by atoms with Crippen LogP contribution in [-0.4, -0.2) is 18.1 Å². The third kappa shape index (κ3) is 4.27. The summed E-state index contributed by atoms with van der Waals surface area (Å²) in [4.78, 5) is 12.1. The minimum atomic E-state index is -0.274. The van der Waals surface area contributed by atoms with Crippen LogP contribution < -0.4 is 15.4 Å². The van der Waals surface area contributed by atoms with E-state index < -0.39 is 0 Å². The predicted octanol–water partition coefficient (Wildman–Crippen LogP) is 3.58. The molecule has 0 radical (unpaired) electrons. The number of rotatable bonds is 3. The molecule has 21 heavy (non-hydrogen) atoms. The number of hydrogen-bond donors (Lipinski definition) is 2. The van der Waals surface area contributed by atoms with E-state index in [9.17, 15) is 4.79 Å². The van der Waals surface area contributed by atoms with Gasteiger partial charge in [0.15, 0.2) is 5.11 Å². The first kappa shape index (κ1) is 15.5. The molecule has 2 rings (SSSR count). The van der Waals surface area contributed by atoms with Crippen LogP contribution in [0.5, 0.6) is 5.75 Å². The molecule has 0 unspecified atom stereocenters. The highest BCUT2D eigenvalue weighted by molar-refractivity contribution is 9.10. The first-order chi connectivity index (χ1) is 10.1. The van der Waals surface area contributed by atoms with Crippen LogP contribution in [0, 0.1) is 0 Å². The minimum Gasteiger partial charge on any atom is -0.495 e. The van der Waals surface area contributed by atoms with Crippen molar-refractivity contribution < 1.29 is 9.53 Å². The van der Waals surface area contributed by atoms with Crippen LogP contribution in [-0.2, 0) is 0 Å². The monoisotopic (exact) mass is 364 g/mol. The molecule has 0 aromatic heterocycles. The van der Waals surface area contributed by atoms with Gasteiger partial charge in [-0.2, -0.15) is 0 Å². The van der Waals surface area contributed by atoms with Crippen LogP contribution in [0.15, 0.2) is 53.0 Å². The Kier molecular flexibility index (Phi) is 5.30. The van der Waals surface area contributed by atoms with E-state index in [0.29, 0.717) is 17.0 Å².